The SMILES string of the molecule is O=C(c1cccc(S(=O)(=O)NCc2ccc3c(c2)OCO3)c1)N1CCCCC1. The molecule has 0 bridgehead atoms. The van der Waals surface area contributed by atoms with Crippen LogP contribution in [0.25, 0.3) is 0 Å². The van der Waals surface area contributed by atoms with Gasteiger partial charge in [-0.05, 0) is 55.2 Å². The molecular formula is C20H22N2O5S. The van der Waals surface area contributed by atoms with Gasteiger partial charge >= 0.3 is 0 Å². The van der Waals surface area contributed by atoms with Crippen molar-refractivity contribution in [2.75, 3.05) is 19.9 Å². The molecule has 2 heterocycles. The summed E-state index contributed by atoms with van der Waals surface area (Å²) in [6.07, 6.45) is 3.10. The van der Waals surface area contributed by atoms with Gasteiger partial charge in [0.05, 0.1) is 4.90 Å². The maximum absolute atomic E-state index is 12.7. The van der Waals surface area contributed by atoms with Crippen molar-refractivity contribution in [2.45, 2.75) is 30.7 Å². The molecule has 0 aliphatic carbocycles. The molecule has 1 amide bonds. The van der Waals surface area contributed by atoms with E-state index in [0.29, 0.717) is 17.1 Å². The van der Waals surface area contributed by atoms with Gasteiger partial charge in [0, 0.05) is 25.2 Å². The molecule has 2 aromatic carbocycles. The molecule has 0 aromatic heterocycles. The molecule has 2 aliphatic rings. The summed E-state index contributed by atoms with van der Waals surface area (Å²) in [5.74, 6) is 1.13. The van der Waals surface area contributed by atoms with Gasteiger partial charge in [-0.3, -0.25) is 4.79 Å². The largest absolute Gasteiger partial charge is 0.454 e. The van der Waals surface area contributed by atoms with Crippen LogP contribution in [-0.2, 0) is 16.6 Å². The number of fused-ring (bicyclic) bond motifs is 1. The second-order valence-electron chi connectivity index (χ2n) is 6.89. The molecule has 0 unspecified atom stereocenters. The molecule has 28 heavy (non-hydrogen) atoms. The summed E-state index contributed by atoms with van der Waals surface area (Å²) in [5.41, 5.74) is 1.15. The Labute approximate surface area is 164 Å². The Hall–Kier alpha value is -2.58. The summed E-state index contributed by atoms with van der Waals surface area (Å²) in [6.45, 7) is 1.72. The predicted octanol–water partition coefficient (Wildman–Crippen LogP) is 2.52. The number of carbonyl (C=O) groups is 1. The number of rotatable bonds is 5. The Balaban J connectivity index is 1.47. The molecule has 0 saturated carbocycles. The molecule has 2 aromatic rings. The standard InChI is InChI=1S/C20H22N2O5S/c23-20(22-9-2-1-3-10-22)16-5-4-6-17(12-16)28(24,25)21-13-15-7-8-18-19(11-15)27-14-26-18/h4-8,11-12,21H,1-3,9-10,13-14H2. The fourth-order valence-corrected chi connectivity index (χ4v) is 4.45. The quantitative estimate of drug-likeness (QED) is 0.831. The first kappa shape index (κ1) is 18.8. The zero-order valence-electron chi connectivity index (χ0n) is 15.4. The molecule has 4 rings (SSSR count). The van der Waals surface area contributed by atoms with Crippen LogP contribution in [0.3, 0.4) is 0 Å². The fraction of sp³-hybridized carbons (Fsp3) is 0.350. The van der Waals surface area contributed by atoms with Crippen molar-refractivity contribution in [2.24, 2.45) is 0 Å². The summed E-state index contributed by atoms with van der Waals surface area (Å²) in [6, 6.07) is 11.5. The predicted molar refractivity (Wildman–Crippen MR) is 103 cm³/mol. The third kappa shape index (κ3) is 3.98. The van der Waals surface area contributed by atoms with Crippen molar-refractivity contribution in [3.63, 3.8) is 0 Å². The van der Waals surface area contributed by atoms with Crippen molar-refractivity contribution in [3.8, 4) is 11.5 Å². The zero-order chi connectivity index (χ0) is 19.6. The van der Waals surface area contributed by atoms with Crippen molar-refractivity contribution >= 4 is 15.9 Å². The highest BCUT2D eigenvalue weighted by Crippen LogP contribution is 2.32. The normalized spacial score (nSPS) is 16.2. The van der Waals surface area contributed by atoms with E-state index in [0.717, 1.165) is 37.9 Å². The zero-order valence-corrected chi connectivity index (χ0v) is 16.2. The second-order valence-corrected chi connectivity index (χ2v) is 8.66. The van der Waals surface area contributed by atoms with E-state index in [1.54, 1.807) is 35.2 Å². The van der Waals surface area contributed by atoms with Gasteiger partial charge in [0.1, 0.15) is 0 Å². The smallest absolute Gasteiger partial charge is 0.253 e. The molecule has 1 N–H and O–H groups in total. The van der Waals surface area contributed by atoms with E-state index in [1.807, 2.05) is 0 Å². The number of carbonyl (C=O) groups excluding carboxylic acids is 1. The first-order chi connectivity index (χ1) is 13.5. The fourth-order valence-electron chi connectivity index (χ4n) is 3.39. The van der Waals surface area contributed by atoms with Crippen LogP contribution in [0.4, 0.5) is 0 Å². The molecular weight excluding hydrogens is 380 g/mol. The molecule has 0 radical (unpaired) electrons. The molecule has 8 heteroatoms. The number of likely N-dealkylation sites (tertiary alicyclic amines) is 1. The van der Waals surface area contributed by atoms with Gasteiger partial charge in [0.2, 0.25) is 16.8 Å². The topological polar surface area (TPSA) is 84.9 Å². The highest BCUT2D eigenvalue weighted by molar-refractivity contribution is 7.89. The number of piperidine rings is 1. The number of hydrogen-bond acceptors (Lipinski definition) is 5. The van der Waals surface area contributed by atoms with Crippen molar-refractivity contribution in [1.29, 1.82) is 0 Å². The number of nitrogens with zero attached hydrogens (tertiary/aromatic N) is 1. The first-order valence-electron chi connectivity index (χ1n) is 9.30. The third-order valence-electron chi connectivity index (χ3n) is 4.94. The van der Waals surface area contributed by atoms with Crippen LogP contribution >= 0.6 is 0 Å². The molecule has 2 aliphatic heterocycles. The van der Waals surface area contributed by atoms with Crippen LogP contribution in [0.2, 0.25) is 0 Å². The Morgan fingerprint density at radius 1 is 1.00 bits per heavy atom. The number of sulfonamides is 1. The molecule has 1 fully saturated rings. The van der Waals surface area contributed by atoms with Crippen LogP contribution in [0.15, 0.2) is 47.4 Å². The molecule has 7 nitrogen and oxygen atoms in total. The molecule has 148 valence electrons. The second kappa shape index (κ2) is 7.81. The summed E-state index contributed by atoms with van der Waals surface area (Å²) < 4.78 is 38.5. The lowest BCUT2D eigenvalue weighted by molar-refractivity contribution is 0.0724. The van der Waals surface area contributed by atoms with Gasteiger partial charge in [-0.25, -0.2) is 13.1 Å². The average Bonchev–Trinajstić information content (AvgIpc) is 3.20. The van der Waals surface area contributed by atoms with Crippen LogP contribution < -0.4 is 14.2 Å². The van der Waals surface area contributed by atoms with Gasteiger partial charge in [0.15, 0.2) is 11.5 Å². The van der Waals surface area contributed by atoms with E-state index in [4.69, 9.17) is 9.47 Å². The monoisotopic (exact) mass is 402 g/mol. The lowest BCUT2D eigenvalue weighted by Crippen LogP contribution is -2.35. The Bertz CT molecular complexity index is 984. The third-order valence-corrected chi connectivity index (χ3v) is 6.34. The Morgan fingerprint density at radius 3 is 2.61 bits per heavy atom. The maximum atomic E-state index is 12.7. The Morgan fingerprint density at radius 2 is 1.79 bits per heavy atom. The minimum absolute atomic E-state index is 0.0797. The lowest BCUT2D eigenvalue weighted by Gasteiger charge is -2.26. The van der Waals surface area contributed by atoms with Gasteiger partial charge in [-0.15, -0.1) is 0 Å². The van der Waals surface area contributed by atoms with Crippen LogP contribution in [0.1, 0.15) is 35.2 Å². The number of amides is 1. The van der Waals surface area contributed by atoms with Crippen molar-refractivity contribution in [3.05, 3.63) is 53.6 Å². The highest BCUT2D eigenvalue weighted by atomic mass is 32.2. The minimum Gasteiger partial charge on any atom is -0.454 e. The summed E-state index contributed by atoms with van der Waals surface area (Å²) in [7, 11) is -3.75. The lowest BCUT2D eigenvalue weighted by atomic mass is 10.1. The number of nitrogens with one attached hydrogen (secondary N) is 1. The molecule has 0 spiro atoms. The van der Waals surface area contributed by atoms with E-state index in [2.05, 4.69) is 4.72 Å². The van der Waals surface area contributed by atoms with E-state index < -0.39 is 10.0 Å². The van der Waals surface area contributed by atoms with Crippen LogP contribution in [-0.4, -0.2) is 39.1 Å². The Kier molecular flexibility index (Phi) is 5.23. The first-order valence-corrected chi connectivity index (χ1v) is 10.8. The van der Waals surface area contributed by atoms with E-state index in [1.165, 1.54) is 12.1 Å². The number of ether oxygens (including phenoxy) is 2. The van der Waals surface area contributed by atoms with Gasteiger partial charge in [-0.1, -0.05) is 12.1 Å². The number of hydrogen-bond donors (Lipinski definition) is 1. The van der Waals surface area contributed by atoms with Crippen LogP contribution in [0.5, 0.6) is 11.5 Å². The average molecular weight is 402 g/mol. The van der Waals surface area contributed by atoms with Crippen molar-refractivity contribution in [1.82, 2.24) is 9.62 Å². The van der Waals surface area contributed by atoms with E-state index in [9.17, 15) is 13.2 Å². The van der Waals surface area contributed by atoms with Gasteiger partial charge in [0.25, 0.3) is 5.91 Å². The van der Waals surface area contributed by atoms with Gasteiger partial charge in [-0.2, -0.15) is 0 Å². The number of benzene rings is 2. The molecule has 0 atom stereocenters. The van der Waals surface area contributed by atoms with E-state index in [-0.39, 0.29) is 24.1 Å². The van der Waals surface area contributed by atoms with Crippen molar-refractivity contribution < 1.29 is 22.7 Å². The summed E-state index contributed by atoms with van der Waals surface area (Å²) in [4.78, 5) is 14.5. The molecule has 1 saturated heterocycles. The minimum atomic E-state index is -3.75. The highest BCUT2D eigenvalue weighted by Gasteiger charge is 2.21. The van der Waals surface area contributed by atoms with Gasteiger partial charge < -0.3 is 14.4 Å². The summed E-state index contributed by atoms with van der Waals surface area (Å²) >= 11 is 0. The van der Waals surface area contributed by atoms with E-state index >= 15 is 0 Å². The van der Waals surface area contributed by atoms with Crippen LogP contribution in [0, 0.1) is 0 Å². The maximum Gasteiger partial charge on any atom is 0.253 e. The summed E-state index contributed by atoms with van der Waals surface area (Å²) in [5, 5.41) is 0.